The minimum absolute atomic E-state index is 0.169. The van der Waals surface area contributed by atoms with E-state index in [9.17, 15) is 26.3 Å². The van der Waals surface area contributed by atoms with Crippen molar-refractivity contribution in [2.45, 2.75) is 63.5 Å². The third-order valence-corrected chi connectivity index (χ3v) is 6.42. The van der Waals surface area contributed by atoms with Crippen LogP contribution in [0, 0.1) is 6.92 Å². The predicted molar refractivity (Wildman–Crippen MR) is 120 cm³/mol. The third-order valence-electron chi connectivity index (χ3n) is 5.50. The van der Waals surface area contributed by atoms with Crippen molar-refractivity contribution in [2.24, 2.45) is 0 Å². The van der Waals surface area contributed by atoms with Gasteiger partial charge in [-0.3, -0.25) is 9.88 Å². The Hall–Kier alpha value is -2.82. The van der Waals surface area contributed by atoms with E-state index in [-0.39, 0.29) is 12.2 Å². The third kappa shape index (κ3) is 9.81. The molecule has 1 aliphatic carbocycles. The molecule has 0 bridgehead atoms. The van der Waals surface area contributed by atoms with Gasteiger partial charge < -0.3 is 19.7 Å². The van der Waals surface area contributed by atoms with Crippen molar-refractivity contribution in [1.29, 1.82) is 0 Å². The number of morpholine rings is 1. The van der Waals surface area contributed by atoms with Crippen LogP contribution in [0.3, 0.4) is 0 Å². The van der Waals surface area contributed by atoms with Gasteiger partial charge in [-0.1, -0.05) is 6.07 Å². The highest BCUT2D eigenvalue weighted by molar-refractivity contribution is 7.09. The number of hydrogen-bond acceptors (Lipinski definition) is 8. The Labute approximate surface area is 217 Å². The van der Waals surface area contributed by atoms with Crippen LogP contribution >= 0.6 is 11.3 Å². The lowest BCUT2D eigenvalue weighted by Crippen LogP contribution is -2.51. The van der Waals surface area contributed by atoms with Gasteiger partial charge in [0.05, 0.1) is 42.3 Å². The van der Waals surface area contributed by atoms with Crippen LogP contribution in [0.4, 0.5) is 26.3 Å². The number of halogens is 6. The quantitative estimate of drug-likeness (QED) is 0.510. The lowest BCUT2D eigenvalue weighted by atomic mass is 10.1. The number of pyridine rings is 1. The smallest absolute Gasteiger partial charge is 0.475 e. The zero-order valence-corrected chi connectivity index (χ0v) is 20.7. The molecule has 0 aromatic carbocycles. The Bertz CT molecular complexity index is 1010. The van der Waals surface area contributed by atoms with Crippen molar-refractivity contribution in [1.82, 2.24) is 14.9 Å². The fraction of sp³-hybridized carbons (Fsp3) is 0.545. The van der Waals surface area contributed by atoms with Crippen LogP contribution in [0.5, 0.6) is 0 Å². The van der Waals surface area contributed by atoms with Gasteiger partial charge in [-0.05, 0) is 31.9 Å². The number of aryl methyl sites for hydroxylation is 1. The molecule has 1 aliphatic heterocycles. The zero-order chi connectivity index (χ0) is 28.5. The predicted octanol–water partition coefficient (Wildman–Crippen LogP) is 4.06. The molecule has 0 radical (unpaired) electrons. The monoisotopic (exact) mass is 573 g/mol. The topological polar surface area (TPSA) is 122 Å². The average Bonchev–Trinajstić information content (AvgIpc) is 3.44. The molecule has 3 heterocycles. The molecule has 38 heavy (non-hydrogen) atoms. The number of aliphatic carboxylic acids is 2. The summed E-state index contributed by atoms with van der Waals surface area (Å²) in [5.74, 6) is -5.51. The van der Waals surface area contributed by atoms with Gasteiger partial charge in [0.15, 0.2) is 0 Å². The second-order valence-corrected chi connectivity index (χ2v) is 9.03. The molecule has 1 saturated heterocycles. The highest BCUT2D eigenvalue weighted by atomic mass is 32.1. The summed E-state index contributed by atoms with van der Waals surface area (Å²) in [7, 11) is 0. The maximum Gasteiger partial charge on any atom is 0.490 e. The molecule has 0 amide bonds. The van der Waals surface area contributed by atoms with E-state index in [2.05, 4.69) is 21.8 Å². The maximum atomic E-state index is 10.6. The van der Waals surface area contributed by atoms with Crippen LogP contribution in [0.25, 0.3) is 0 Å². The first-order valence-corrected chi connectivity index (χ1v) is 11.9. The summed E-state index contributed by atoms with van der Waals surface area (Å²) >= 11 is 1.75. The molecule has 1 saturated carbocycles. The molecule has 2 aliphatic rings. The SMILES string of the molecule is Cc1ncsc1CN1CCO[C@H]2[C@@H](OCc3ccccn3)CC[C@@H]21.O=C(O)C(F)(F)F.O=C(O)C(F)(F)F. The van der Waals surface area contributed by atoms with Crippen LogP contribution in [-0.2, 0) is 32.2 Å². The zero-order valence-electron chi connectivity index (χ0n) is 19.9. The molecule has 2 N–H and O–H groups in total. The van der Waals surface area contributed by atoms with E-state index in [1.165, 1.54) is 4.88 Å². The first-order valence-electron chi connectivity index (χ1n) is 11.1. The van der Waals surface area contributed by atoms with Crippen LogP contribution < -0.4 is 0 Å². The molecule has 3 atom stereocenters. The van der Waals surface area contributed by atoms with Crippen molar-refractivity contribution < 1.29 is 55.6 Å². The number of thiazole rings is 1. The number of carbonyl (C=O) groups is 2. The lowest BCUT2D eigenvalue weighted by Gasteiger charge is -2.38. The highest BCUT2D eigenvalue weighted by Crippen LogP contribution is 2.34. The Balaban J connectivity index is 0.000000301. The Morgan fingerprint density at radius 1 is 1.11 bits per heavy atom. The Morgan fingerprint density at radius 2 is 1.74 bits per heavy atom. The molecule has 2 aromatic rings. The number of fused-ring (bicyclic) bond motifs is 1. The summed E-state index contributed by atoms with van der Waals surface area (Å²) in [6.07, 6.45) is -5.82. The Kier molecular flexibility index (Phi) is 11.4. The number of hydrogen-bond donors (Lipinski definition) is 2. The Morgan fingerprint density at radius 3 is 2.24 bits per heavy atom. The van der Waals surface area contributed by atoms with Crippen LogP contribution in [0.15, 0.2) is 29.9 Å². The number of ether oxygens (including phenoxy) is 2. The van der Waals surface area contributed by atoms with E-state index in [1.807, 2.05) is 29.9 Å². The molecule has 212 valence electrons. The summed E-state index contributed by atoms with van der Waals surface area (Å²) in [6, 6.07) is 6.39. The minimum atomic E-state index is -5.08. The number of rotatable bonds is 5. The van der Waals surface area contributed by atoms with Gasteiger partial charge in [0.1, 0.15) is 0 Å². The van der Waals surface area contributed by atoms with Crippen molar-refractivity contribution >= 4 is 23.3 Å². The fourth-order valence-corrected chi connectivity index (χ4v) is 4.51. The molecule has 9 nitrogen and oxygen atoms in total. The van der Waals surface area contributed by atoms with Crippen molar-refractivity contribution in [3.8, 4) is 0 Å². The van der Waals surface area contributed by atoms with Gasteiger partial charge in [-0.25, -0.2) is 14.6 Å². The lowest BCUT2D eigenvalue weighted by molar-refractivity contribution is -0.193. The second-order valence-electron chi connectivity index (χ2n) is 8.09. The maximum absolute atomic E-state index is 10.6. The largest absolute Gasteiger partial charge is 0.490 e. The van der Waals surface area contributed by atoms with Crippen molar-refractivity contribution in [3.05, 3.63) is 46.2 Å². The second kappa shape index (κ2) is 13.8. The average molecular weight is 574 g/mol. The molecular weight excluding hydrogens is 548 g/mol. The molecule has 0 unspecified atom stereocenters. The highest BCUT2D eigenvalue weighted by Gasteiger charge is 2.43. The van der Waals surface area contributed by atoms with Gasteiger partial charge in [-0.2, -0.15) is 26.3 Å². The van der Waals surface area contributed by atoms with E-state index in [1.54, 1.807) is 11.3 Å². The normalized spacial score (nSPS) is 21.4. The molecule has 2 fully saturated rings. The summed E-state index contributed by atoms with van der Waals surface area (Å²) in [4.78, 5) is 30.4. The molecule has 0 spiro atoms. The molecule has 2 aromatic heterocycles. The van der Waals surface area contributed by atoms with Crippen molar-refractivity contribution in [2.75, 3.05) is 13.2 Å². The van der Waals surface area contributed by atoms with Gasteiger partial charge in [-0.15, -0.1) is 11.3 Å². The number of nitrogens with zero attached hydrogens (tertiary/aromatic N) is 3. The number of carboxylic acids is 2. The number of alkyl halides is 6. The summed E-state index contributed by atoms with van der Waals surface area (Å²) in [5.41, 5.74) is 4.08. The van der Waals surface area contributed by atoms with Crippen LogP contribution in [-0.4, -0.2) is 80.8 Å². The first kappa shape index (κ1) is 31.4. The van der Waals surface area contributed by atoms with E-state index in [0.717, 1.165) is 43.9 Å². The standard InChI is InChI=1S/C18H23N3O2S.2C2HF3O2/c1-13-17(24-12-20-13)10-21-8-9-22-18-15(21)5-6-16(18)23-11-14-4-2-3-7-19-14;2*3-2(4,5)1(6)7/h2-4,7,12,15-16,18H,5-6,8-11H2,1H3;2*(H,6,7)/t15-,16-,18+;;/m0../s1. The van der Waals surface area contributed by atoms with E-state index >= 15 is 0 Å². The van der Waals surface area contributed by atoms with E-state index in [4.69, 9.17) is 29.3 Å². The van der Waals surface area contributed by atoms with Gasteiger partial charge in [0, 0.05) is 30.2 Å². The van der Waals surface area contributed by atoms with Crippen LogP contribution in [0.2, 0.25) is 0 Å². The summed E-state index contributed by atoms with van der Waals surface area (Å²) < 4.78 is 75.7. The van der Waals surface area contributed by atoms with E-state index in [0.29, 0.717) is 12.6 Å². The number of aromatic nitrogens is 2. The van der Waals surface area contributed by atoms with Crippen LogP contribution in [0.1, 0.15) is 29.1 Å². The fourth-order valence-electron chi connectivity index (χ4n) is 3.70. The van der Waals surface area contributed by atoms with Gasteiger partial charge in [0.25, 0.3) is 0 Å². The molecule has 16 heteroatoms. The van der Waals surface area contributed by atoms with Crippen molar-refractivity contribution in [3.63, 3.8) is 0 Å². The summed E-state index contributed by atoms with van der Waals surface area (Å²) in [5, 5.41) is 14.2. The number of carboxylic acid groups (broad SMARTS) is 2. The molecule has 4 rings (SSSR count). The summed E-state index contributed by atoms with van der Waals surface area (Å²) in [6.45, 7) is 5.41. The first-order chi connectivity index (χ1) is 17.7. The molecular formula is C22H25F6N3O6S. The van der Waals surface area contributed by atoms with Gasteiger partial charge >= 0.3 is 24.3 Å². The van der Waals surface area contributed by atoms with Gasteiger partial charge in [0.2, 0.25) is 0 Å². The van der Waals surface area contributed by atoms with E-state index < -0.39 is 24.3 Å². The minimum Gasteiger partial charge on any atom is -0.475 e.